The lowest BCUT2D eigenvalue weighted by Gasteiger charge is -2.28. The highest BCUT2D eigenvalue weighted by molar-refractivity contribution is 5.90. The number of fused-ring (bicyclic) bond motifs is 2. The fourth-order valence-electron chi connectivity index (χ4n) is 5.03. The Morgan fingerprint density at radius 2 is 1.74 bits per heavy atom. The number of hydrogen-bond donors (Lipinski definition) is 2. The van der Waals surface area contributed by atoms with Gasteiger partial charge in [0.1, 0.15) is 11.5 Å². The molecular formula is C27H25N7O. The van der Waals surface area contributed by atoms with E-state index < -0.39 is 0 Å². The predicted molar refractivity (Wildman–Crippen MR) is 136 cm³/mol. The number of nitrogens with two attached hydrogens (primary N) is 2. The number of primary amides is 1. The predicted octanol–water partition coefficient (Wildman–Crippen LogP) is 4.51. The Hall–Kier alpha value is -4.33. The van der Waals surface area contributed by atoms with E-state index in [1.165, 1.54) is 0 Å². The van der Waals surface area contributed by atoms with E-state index >= 15 is 0 Å². The average Bonchev–Trinajstić information content (AvgIpc) is 3.33. The number of nitrogens with zero attached hydrogens (tertiary/aromatic N) is 5. The van der Waals surface area contributed by atoms with E-state index in [0.29, 0.717) is 11.6 Å². The fourth-order valence-corrected chi connectivity index (χ4v) is 5.03. The maximum absolute atomic E-state index is 11.6. The van der Waals surface area contributed by atoms with Gasteiger partial charge >= 0.3 is 0 Å². The lowest BCUT2D eigenvalue weighted by atomic mass is 9.85. The van der Waals surface area contributed by atoms with E-state index in [0.717, 1.165) is 64.6 Å². The second-order valence-corrected chi connectivity index (χ2v) is 9.12. The van der Waals surface area contributed by atoms with Gasteiger partial charge in [0.2, 0.25) is 5.91 Å². The van der Waals surface area contributed by atoms with Gasteiger partial charge in [-0.05, 0) is 56.0 Å². The van der Waals surface area contributed by atoms with Crippen molar-refractivity contribution >= 4 is 33.7 Å². The second kappa shape index (κ2) is 8.47. The van der Waals surface area contributed by atoms with E-state index in [9.17, 15) is 4.79 Å². The molecule has 8 nitrogen and oxygen atoms in total. The molecule has 1 aliphatic carbocycles. The summed E-state index contributed by atoms with van der Waals surface area (Å²) >= 11 is 0. The smallest absolute Gasteiger partial charge is 0.220 e. The quantitative estimate of drug-likeness (QED) is 0.404. The standard InChI is InChI=1S/C27H25N7O/c28-24-20-12-14-34(19-9-6-17(7-10-19)25(29)35)27(20)33-26(32-24)18-5-4-16-8-11-22(31-23(16)15-18)21-3-1-2-13-30-21/h1-5,8,11-15,17,19H,6-7,9-10H2,(H2,29,35)(H2,28,32,33). The third-order valence-electron chi connectivity index (χ3n) is 6.97. The molecule has 6 rings (SSSR count). The van der Waals surface area contributed by atoms with Crippen molar-refractivity contribution < 1.29 is 4.79 Å². The Labute approximate surface area is 202 Å². The van der Waals surface area contributed by atoms with Gasteiger partial charge < -0.3 is 16.0 Å². The second-order valence-electron chi connectivity index (χ2n) is 9.12. The monoisotopic (exact) mass is 463 g/mol. The summed E-state index contributed by atoms with van der Waals surface area (Å²) in [6.07, 6.45) is 7.14. The lowest BCUT2D eigenvalue weighted by molar-refractivity contribution is -0.122. The summed E-state index contributed by atoms with van der Waals surface area (Å²) in [5, 5.41) is 1.86. The topological polar surface area (TPSA) is 126 Å². The molecule has 4 heterocycles. The van der Waals surface area contributed by atoms with Gasteiger partial charge in [0.25, 0.3) is 0 Å². The molecule has 0 bridgehead atoms. The Kier molecular flexibility index (Phi) is 5.13. The van der Waals surface area contributed by atoms with Crippen molar-refractivity contribution in [2.24, 2.45) is 11.7 Å². The van der Waals surface area contributed by atoms with Gasteiger partial charge in [-0.1, -0.05) is 24.3 Å². The minimum atomic E-state index is -0.203. The number of anilines is 1. The van der Waals surface area contributed by atoms with Crippen molar-refractivity contribution in [1.82, 2.24) is 24.5 Å². The molecule has 1 aromatic carbocycles. The lowest BCUT2D eigenvalue weighted by Crippen LogP contribution is -2.28. The summed E-state index contributed by atoms with van der Waals surface area (Å²) in [5.74, 6) is 0.771. The van der Waals surface area contributed by atoms with Crippen LogP contribution in [-0.2, 0) is 4.79 Å². The molecule has 4 aromatic heterocycles. The first kappa shape index (κ1) is 21.2. The molecule has 8 heteroatoms. The number of benzene rings is 1. The summed E-state index contributed by atoms with van der Waals surface area (Å²) in [6.45, 7) is 0. The number of pyridine rings is 2. The number of amides is 1. The maximum Gasteiger partial charge on any atom is 0.220 e. The van der Waals surface area contributed by atoms with Crippen LogP contribution in [0.5, 0.6) is 0 Å². The molecular weight excluding hydrogens is 438 g/mol. The van der Waals surface area contributed by atoms with E-state index in [2.05, 4.69) is 14.5 Å². The highest BCUT2D eigenvalue weighted by Crippen LogP contribution is 2.35. The van der Waals surface area contributed by atoms with Crippen LogP contribution in [0.1, 0.15) is 31.7 Å². The van der Waals surface area contributed by atoms with Crippen LogP contribution in [0.2, 0.25) is 0 Å². The number of hydrogen-bond acceptors (Lipinski definition) is 6. The van der Waals surface area contributed by atoms with Crippen molar-refractivity contribution in [2.75, 3.05) is 5.73 Å². The van der Waals surface area contributed by atoms with Crippen molar-refractivity contribution in [3.63, 3.8) is 0 Å². The molecule has 35 heavy (non-hydrogen) atoms. The Morgan fingerprint density at radius 1 is 0.914 bits per heavy atom. The average molecular weight is 464 g/mol. The first-order valence-corrected chi connectivity index (χ1v) is 11.8. The van der Waals surface area contributed by atoms with Gasteiger partial charge in [-0.3, -0.25) is 9.78 Å². The van der Waals surface area contributed by atoms with E-state index in [1.54, 1.807) is 6.20 Å². The fraction of sp³-hybridized carbons (Fsp3) is 0.222. The Morgan fingerprint density at radius 3 is 2.51 bits per heavy atom. The molecule has 5 aromatic rings. The number of carbonyl (C=O) groups excluding carboxylic acids is 1. The normalized spacial score (nSPS) is 18.2. The minimum absolute atomic E-state index is 0.0376. The molecule has 0 aliphatic heterocycles. The third kappa shape index (κ3) is 3.86. The Balaban J connectivity index is 1.38. The highest BCUT2D eigenvalue weighted by atomic mass is 16.1. The molecule has 0 spiro atoms. The van der Waals surface area contributed by atoms with Crippen LogP contribution in [0.3, 0.4) is 0 Å². The van der Waals surface area contributed by atoms with Crippen LogP contribution in [0.25, 0.3) is 44.7 Å². The molecule has 0 unspecified atom stereocenters. The summed E-state index contributed by atoms with van der Waals surface area (Å²) < 4.78 is 2.17. The summed E-state index contributed by atoms with van der Waals surface area (Å²) in [5.41, 5.74) is 16.0. The van der Waals surface area contributed by atoms with Gasteiger partial charge in [0.15, 0.2) is 5.82 Å². The van der Waals surface area contributed by atoms with Gasteiger partial charge in [-0.15, -0.1) is 0 Å². The molecule has 1 aliphatic rings. The number of rotatable bonds is 4. The molecule has 0 radical (unpaired) electrons. The third-order valence-corrected chi connectivity index (χ3v) is 6.97. The summed E-state index contributed by atoms with van der Waals surface area (Å²) in [4.78, 5) is 30.3. The SMILES string of the molecule is NC(=O)C1CCC(n2ccc3c(N)nc(-c4ccc5ccc(-c6ccccn6)nc5c4)nc32)CC1. The number of nitrogen functional groups attached to an aromatic ring is 1. The molecule has 1 saturated carbocycles. The summed E-state index contributed by atoms with van der Waals surface area (Å²) in [6, 6.07) is 18.0. The van der Waals surface area contributed by atoms with Crippen LogP contribution in [-0.4, -0.2) is 30.4 Å². The zero-order valence-electron chi connectivity index (χ0n) is 19.1. The van der Waals surface area contributed by atoms with Crippen LogP contribution in [0, 0.1) is 5.92 Å². The van der Waals surface area contributed by atoms with Gasteiger partial charge in [-0.25, -0.2) is 15.0 Å². The molecule has 1 fully saturated rings. The zero-order valence-corrected chi connectivity index (χ0v) is 19.1. The van der Waals surface area contributed by atoms with Crippen molar-refractivity contribution in [3.05, 3.63) is 67.0 Å². The minimum Gasteiger partial charge on any atom is -0.383 e. The molecule has 0 saturated heterocycles. The van der Waals surface area contributed by atoms with Gasteiger partial charge in [-0.2, -0.15) is 0 Å². The molecule has 0 atom stereocenters. The number of carbonyl (C=O) groups is 1. The summed E-state index contributed by atoms with van der Waals surface area (Å²) in [7, 11) is 0. The van der Waals surface area contributed by atoms with E-state index in [1.807, 2.05) is 60.8 Å². The molecule has 174 valence electrons. The van der Waals surface area contributed by atoms with Gasteiger partial charge in [0, 0.05) is 35.3 Å². The maximum atomic E-state index is 11.6. The molecule has 1 amide bonds. The van der Waals surface area contributed by atoms with Crippen LogP contribution >= 0.6 is 0 Å². The van der Waals surface area contributed by atoms with Crippen LogP contribution in [0.4, 0.5) is 5.82 Å². The number of aromatic nitrogens is 5. The largest absolute Gasteiger partial charge is 0.383 e. The van der Waals surface area contributed by atoms with Crippen LogP contribution < -0.4 is 11.5 Å². The van der Waals surface area contributed by atoms with Gasteiger partial charge in [0.05, 0.1) is 22.3 Å². The van der Waals surface area contributed by atoms with Crippen molar-refractivity contribution in [2.45, 2.75) is 31.7 Å². The first-order chi connectivity index (χ1) is 17.1. The highest BCUT2D eigenvalue weighted by Gasteiger charge is 2.27. The Bertz CT molecular complexity index is 1550. The molecule has 4 N–H and O–H groups in total. The van der Waals surface area contributed by atoms with E-state index in [-0.39, 0.29) is 17.9 Å². The zero-order chi connectivity index (χ0) is 23.9. The van der Waals surface area contributed by atoms with E-state index in [4.69, 9.17) is 21.4 Å². The van der Waals surface area contributed by atoms with Crippen molar-refractivity contribution in [3.8, 4) is 22.8 Å². The van der Waals surface area contributed by atoms with Crippen molar-refractivity contribution in [1.29, 1.82) is 0 Å². The van der Waals surface area contributed by atoms with Crippen LogP contribution in [0.15, 0.2) is 67.0 Å². The first-order valence-electron chi connectivity index (χ1n) is 11.8.